The third-order valence-corrected chi connectivity index (χ3v) is 4.19. The van der Waals surface area contributed by atoms with Crippen molar-refractivity contribution in [2.75, 3.05) is 32.7 Å². The average Bonchev–Trinajstić information content (AvgIpc) is 2.30. The van der Waals surface area contributed by atoms with Crippen LogP contribution >= 0.6 is 0 Å². The number of hydrogen-bond acceptors (Lipinski definition) is 3. The van der Waals surface area contributed by atoms with Gasteiger partial charge in [-0.15, -0.1) is 0 Å². The van der Waals surface area contributed by atoms with E-state index in [0.717, 1.165) is 45.6 Å². The molecule has 2 N–H and O–H groups in total. The molecular weight excluding hydrogens is 212 g/mol. The Labute approximate surface area is 107 Å². The molecule has 0 radical (unpaired) electrons. The zero-order valence-electron chi connectivity index (χ0n) is 12.1. The Hall–Kier alpha value is -0.120. The summed E-state index contributed by atoms with van der Waals surface area (Å²) < 4.78 is 0. The molecule has 1 aliphatic heterocycles. The van der Waals surface area contributed by atoms with Crippen molar-refractivity contribution < 1.29 is 5.11 Å². The SMILES string of the molecule is CCNCC(C)(CC)CN1CCC(C)(O)CC1. The zero-order chi connectivity index (χ0) is 12.9. The normalized spacial score (nSPS) is 24.5. The highest BCUT2D eigenvalue weighted by atomic mass is 16.3. The molecule has 1 aliphatic rings. The van der Waals surface area contributed by atoms with Gasteiger partial charge in [0, 0.05) is 26.2 Å². The molecule has 0 amide bonds. The molecule has 0 spiro atoms. The third kappa shape index (κ3) is 4.94. The van der Waals surface area contributed by atoms with E-state index in [1.165, 1.54) is 6.42 Å². The Kier molecular flexibility index (Phi) is 5.42. The van der Waals surface area contributed by atoms with E-state index in [9.17, 15) is 5.11 Å². The molecule has 0 aromatic heterocycles. The van der Waals surface area contributed by atoms with Gasteiger partial charge >= 0.3 is 0 Å². The van der Waals surface area contributed by atoms with Crippen LogP contribution in [0.5, 0.6) is 0 Å². The molecule has 1 rings (SSSR count). The number of piperidine rings is 1. The van der Waals surface area contributed by atoms with Crippen LogP contribution in [-0.2, 0) is 0 Å². The van der Waals surface area contributed by atoms with E-state index >= 15 is 0 Å². The van der Waals surface area contributed by atoms with Crippen molar-refractivity contribution in [1.29, 1.82) is 0 Å². The monoisotopic (exact) mass is 242 g/mol. The van der Waals surface area contributed by atoms with E-state index < -0.39 is 5.60 Å². The maximum Gasteiger partial charge on any atom is 0.0644 e. The number of likely N-dealkylation sites (tertiary alicyclic amines) is 1. The predicted octanol–water partition coefficient (Wildman–Crippen LogP) is 1.86. The molecule has 1 unspecified atom stereocenters. The van der Waals surface area contributed by atoms with E-state index in [4.69, 9.17) is 0 Å². The Morgan fingerprint density at radius 1 is 1.29 bits per heavy atom. The van der Waals surface area contributed by atoms with Crippen molar-refractivity contribution in [3.05, 3.63) is 0 Å². The van der Waals surface area contributed by atoms with Crippen LogP contribution in [0.3, 0.4) is 0 Å². The molecule has 1 saturated heterocycles. The van der Waals surface area contributed by atoms with Crippen LogP contribution in [0.15, 0.2) is 0 Å². The van der Waals surface area contributed by atoms with E-state index in [2.05, 4.69) is 31.0 Å². The lowest BCUT2D eigenvalue weighted by Crippen LogP contribution is -2.48. The Balaban J connectivity index is 2.41. The fraction of sp³-hybridized carbons (Fsp3) is 1.00. The summed E-state index contributed by atoms with van der Waals surface area (Å²) in [6.07, 6.45) is 3.02. The van der Waals surface area contributed by atoms with Crippen molar-refractivity contribution in [1.82, 2.24) is 10.2 Å². The minimum Gasteiger partial charge on any atom is -0.390 e. The summed E-state index contributed by atoms with van der Waals surface area (Å²) >= 11 is 0. The van der Waals surface area contributed by atoms with Gasteiger partial charge in [-0.25, -0.2) is 0 Å². The molecule has 0 bridgehead atoms. The minimum atomic E-state index is -0.430. The van der Waals surface area contributed by atoms with Gasteiger partial charge in [0.2, 0.25) is 0 Å². The fourth-order valence-corrected chi connectivity index (χ4v) is 2.45. The van der Waals surface area contributed by atoms with Gasteiger partial charge in [-0.3, -0.25) is 0 Å². The smallest absolute Gasteiger partial charge is 0.0644 e. The van der Waals surface area contributed by atoms with Gasteiger partial charge in [0.15, 0.2) is 0 Å². The van der Waals surface area contributed by atoms with E-state index in [1.807, 2.05) is 6.92 Å². The first-order valence-corrected chi connectivity index (χ1v) is 7.06. The highest BCUT2D eigenvalue weighted by molar-refractivity contribution is 4.86. The van der Waals surface area contributed by atoms with Crippen LogP contribution < -0.4 is 5.32 Å². The highest BCUT2D eigenvalue weighted by Gasteiger charge is 2.31. The molecule has 1 atom stereocenters. The quantitative estimate of drug-likeness (QED) is 0.746. The standard InChI is InChI=1S/C14H30N2O/c1-5-13(3,11-15-6-2)12-16-9-7-14(4,17)8-10-16/h15,17H,5-12H2,1-4H3. The second-order valence-electron chi connectivity index (χ2n) is 6.22. The molecule has 1 fully saturated rings. The van der Waals surface area contributed by atoms with Gasteiger partial charge < -0.3 is 15.3 Å². The van der Waals surface area contributed by atoms with Gasteiger partial charge in [0.25, 0.3) is 0 Å². The van der Waals surface area contributed by atoms with Crippen molar-refractivity contribution in [3.8, 4) is 0 Å². The molecule has 3 heteroatoms. The topological polar surface area (TPSA) is 35.5 Å². The molecule has 102 valence electrons. The Morgan fingerprint density at radius 3 is 2.35 bits per heavy atom. The second kappa shape index (κ2) is 6.17. The number of aliphatic hydroxyl groups is 1. The lowest BCUT2D eigenvalue weighted by Gasteiger charge is -2.41. The van der Waals surface area contributed by atoms with Crippen LogP contribution in [0.4, 0.5) is 0 Å². The lowest BCUT2D eigenvalue weighted by molar-refractivity contribution is -0.0149. The molecule has 0 aliphatic carbocycles. The maximum atomic E-state index is 9.95. The van der Waals surface area contributed by atoms with Crippen LogP contribution in [0.2, 0.25) is 0 Å². The molecule has 1 heterocycles. The van der Waals surface area contributed by atoms with Crippen molar-refractivity contribution >= 4 is 0 Å². The minimum absolute atomic E-state index is 0.360. The summed E-state index contributed by atoms with van der Waals surface area (Å²) in [7, 11) is 0. The molecule has 3 nitrogen and oxygen atoms in total. The van der Waals surface area contributed by atoms with Crippen molar-refractivity contribution in [2.24, 2.45) is 5.41 Å². The van der Waals surface area contributed by atoms with Gasteiger partial charge in [0.1, 0.15) is 0 Å². The number of hydrogen-bond donors (Lipinski definition) is 2. The first-order chi connectivity index (χ1) is 7.91. The van der Waals surface area contributed by atoms with E-state index in [0.29, 0.717) is 5.41 Å². The van der Waals surface area contributed by atoms with Gasteiger partial charge in [-0.05, 0) is 38.1 Å². The van der Waals surface area contributed by atoms with E-state index in [-0.39, 0.29) is 0 Å². The molecule has 17 heavy (non-hydrogen) atoms. The van der Waals surface area contributed by atoms with Gasteiger partial charge in [0.05, 0.1) is 5.60 Å². The summed E-state index contributed by atoms with van der Waals surface area (Å²) in [5, 5.41) is 13.4. The predicted molar refractivity (Wildman–Crippen MR) is 73.2 cm³/mol. The molecule has 0 aromatic carbocycles. The summed E-state index contributed by atoms with van der Waals surface area (Å²) in [4.78, 5) is 2.51. The summed E-state index contributed by atoms with van der Waals surface area (Å²) in [6.45, 7) is 14.1. The number of nitrogens with one attached hydrogen (secondary N) is 1. The third-order valence-electron chi connectivity index (χ3n) is 4.19. The molecule has 0 aromatic rings. The lowest BCUT2D eigenvalue weighted by atomic mass is 9.85. The summed E-state index contributed by atoms with van der Waals surface area (Å²) in [5.41, 5.74) is -0.0695. The average molecular weight is 242 g/mol. The Morgan fingerprint density at radius 2 is 1.88 bits per heavy atom. The van der Waals surface area contributed by atoms with Crippen LogP contribution in [-0.4, -0.2) is 48.3 Å². The zero-order valence-corrected chi connectivity index (χ0v) is 12.1. The van der Waals surface area contributed by atoms with Crippen molar-refractivity contribution in [2.45, 2.75) is 52.6 Å². The van der Waals surface area contributed by atoms with Crippen molar-refractivity contribution in [3.63, 3.8) is 0 Å². The largest absolute Gasteiger partial charge is 0.390 e. The number of rotatable bonds is 6. The van der Waals surface area contributed by atoms with Crippen LogP contribution in [0.1, 0.15) is 47.0 Å². The highest BCUT2D eigenvalue weighted by Crippen LogP contribution is 2.26. The first-order valence-electron chi connectivity index (χ1n) is 7.06. The van der Waals surface area contributed by atoms with Crippen LogP contribution in [0, 0.1) is 5.41 Å². The van der Waals surface area contributed by atoms with E-state index in [1.54, 1.807) is 0 Å². The molecular formula is C14H30N2O. The first kappa shape index (κ1) is 14.9. The fourth-order valence-electron chi connectivity index (χ4n) is 2.45. The second-order valence-corrected chi connectivity index (χ2v) is 6.22. The summed E-state index contributed by atoms with van der Waals surface area (Å²) in [5.74, 6) is 0. The Bertz CT molecular complexity index is 220. The summed E-state index contributed by atoms with van der Waals surface area (Å²) in [6, 6.07) is 0. The maximum absolute atomic E-state index is 9.95. The van der Waals surface area contributed by atoms with Gasteiger partial charge in [-0.2, -0.15) is 0 Å². The van der Waals surface area contributed by atoms with Gasteiger partial charge in [-0.1, -0.05) is 20.8 Å². The van der Waals surface area contributed by atoms with Crippen LogP contribution in [0.25, 0.3) is 0 Å². The number of nitrogens with zero attached hydrogens (tertiary/aromatic N) is 1. The molecule has 0 saturated carbocycles.